The maximum absolute atomic E-state index is 6.68. The van der Waals surface area contributed by atoms with Crippen molar-refractivity contribution in [3.8, 4) is 50.4 Å². The van der Waals surface area contributed by atoms with Crippen LogP contribution in [0.1, 0.15) is 0 Å². The largest absolute Gasteiger partial charge is 0.455 e. The van der Waals surface area contributed by atoms with Crippen LogP contribution in [-0.2, 0) is 0 Å². The van der Waals surface area contributed by atoms with Crippen molar-refractivity contribution >= 4 is 199 Å². The third-order valence-electron chi connectivity index (χ3n) is 27.4. The van der Waals surface area contributed by atoms with Gasteiger partial charge in [-0.1, -0.05) is 255 Å². The van der Waals surface area contributed by atoms with Crippen molar-refractivity contribution in [3.05, 3.63) is 491 Å². The molecule has 21 aromatic carbocycles. The summed E-state index contributed by atoms with van der Waals surface area (Å²) in [5, 5.41) is 13.5. The number of hydrogen-bond donors (Lipinski definition) is 0. The number of furan rings is 3. The first kappa shape index (κ1) is 77.6. The Labute approximate surface area is 782 Å². The molecular weight excluding hydrogens is 1660 g/mol. The summed E-state index contributed by atoms with van der Waals surface area (Å²) in [5.41, 5.74) is 33.5. The molecule has 0 radical (unpaired) electrons. The van der Waals surface area contributed by atoms with Gasteiger partial charge in [-0.05, 0) is 253 Å². The molecule has 0 bridgehead atoms. The standard InChI is InChI=1S/C126H81N7O3/c1-4-25-85(26-5-1)131-115-43-16-10-31-103(115)112-79-97(73-76-118(112)131)128(88-55-49-82(50-56-88)100-37-22-40-109-106-34-13-19-46-121(106)134-124(100)109)94-67-61-91(62-68-94)127(92-63-69-95(70-64-92)129(89-57-51-83(52-58-89)101-38-23-41-110-107-35-14-20-47-122(107)135-125(101)110)98-74-77-119-113(80-98)104-32-11-17-44-116(104)132(119)86-27-6-2-7-28-86)93-65-71-96(72-66-93)130(90-59-53-84(54-60-90)102-39-24-42-111-108-36-15-21-48-123(108)136-126(102)111)99-75-78-120-114(81-99)105-33-12-18-45-117(105)133(120)87-29-8-3-9-30-87/h1-81H. The molecule has 638 valence electrons. The fourth-order valence-corrected chi connectivity index (χ4v) is 21.2. The first-order valence-electron chi connectivity index (χ1n) is 46.2. The third kappa shape index (κ3) is 12.8. The van der Waals surface area contributed by atoms with Gasteiger partial charge in [0.25, 0.3) is 0 Å². The van der Waals surface area contributed by atoms with Gasteiger partial charge in [-0.3, -0.25) is 0 Å². The van der Waals surface area contributed by atoms with E-state index in [9.17, 15) is 0 Å². The number of fused-ring (bicyclic) bond motifs is 18. The Balaban J connectivity index is 0.625. The van der Waals surface area contributed by atoms with E-state index in [1.54, 1.807) is 0 Å². The summed E-state index contributed by atoms with van der Waals surface area (Å²) in [6.45, 7) is 0. The Morgan fingerprint density at radius 3 is 0.603 bits per heavy atom. The Morgan fingerprint density at radius 2 is 0.338 bits per heavy atom. The molecule has 0 saturated carbocycles. The van der Waals surface area contributed by atoms with Crippen LogP contribution in [0.25, 0.3) is 182 Å². The van der Waals surface area contributed by atoms with Gasteiger partial charge in [-0.15, -0.1) is 0 Å². The van der Waals surface area contributed by atoms with Gasteiger partial charge in [0.05, 0.1) is 33.1 Å². The van der Waals surface area contributed by atoms with Crippen molar-refractivity contribution in [2.75, 3.05) is 19.6 Å². The zero-order chi connectivity index (χ0) is 89.4. The summed E-state index contributed by atoms with van der Waals surface area (Å²) in [6.07, 6.45) is 0. The lowest BCUT2D eigenvalue weighted by atomic mass is 10.0. The predicted octanol–water partition coefficient (Wildman–Crippen LogP) is 35.6. The maximum Gasteiger partial charge on any atom is 0.143 e. The van der Waals surface area contributed by atoms with Crippen LogP contribution in [0.5, 0.6) is 0 Å². The normalized spacial score (nSPS) is 11.8. The van der Waals surface area contributed by atoms with E-state index in [0.717, 1.165) is 234 Å². The molecule has 6 aromatic heterocycles. The van der Waals surface area contributed by atoms with Crippen LogP contribution in [0, 0.1) is 0 Å². The van der Waals surface area contributed by atoms with E-state index in [2.05, 4.69) is 506 Å². The molecule has 0 N–H and O–H groups in total. The molecule has 0 aliphatic rings. The molecule has 136 heavy (non-hydrogen) atoms. The zero-order valence-corrected chi connectivity index (χ0v) is 73.6. The number of benzene rings is 21. The van der Waals surface area contributed by atoms with E-state index < -0.39 is 0 Å². The molecule has 27 rings (SSSR count). The van der Waals surface area contributed by atoms with Crippen LogP contribution in [0.3, 0.4) is 0 Å². The molecule has 0 unspecified atom stereocenters. The number of anilines is 12. The first-order chi connectivity index (χ1) is 67.4. The molecule has 0 spiro atoms. The number of aromatic nitrogens is 3. The quantitative estimate of drug-likeness (QED) is 0.0848. The Kier molecular flexibility index (Phi) is 18.1. The van der Waals surface area contributed by atoms with Crippen LogP contribution < -0.4 is 19.6 Å². The minimum Gasteiger partial charge on any atom is -0.455 e. The highest BCUT2D eigenvalue weighted by atomic mass is 16.3. The maximum atomic E-state index is 6.68. The number of nitrogens with zero attached hydrogens (tertiary/aromatic N) is 7. The van der Waals surface area contributed by atoms with Gasteiger partial charge in [0.2, 0.25) is 0 Å². The highest BCUT2D eigenvalue weighted by Gasteiger charge is 2.27. The van der Waals surface area contributed by atoms with Crippen molar-refractivity contribution < 1.29 is 13.3 Å². The molecule has 0 aliphatic carbocycles. The summed E-state index contributed by atoms with van der Waals surface area (Å²) in [5.74, 6) is 0. The molecule has 0 amide bonds. The Morgan fingerprint density at radius 1 is 0.140 bits per heavy atom. The fourth-order valence-electron chi connectivity index (χ4n) is 21.2. The van der Waals surface area contributed by atoms with Crippen LogP contribution >= 0.6 is 0 Å². The minimum atomic E-state index is 0.869. The summed E-state index contributed by atoms with van der Waals surface area (Å²) in [7, 11) is 0. The number of para-hydroxylation sites is 12. The van der Waals surface area contributed by atoms with E-state index in [0.29, 0.717) is 0 Å². The minimum absolute atomic E-state index is 0.869. The van der Waals surface area contributed by atoms with Gasteiger partial charge in [-0.2, -0.15) is 0 Å². The lowest BCUT2D eigenvalue weighted by Crippen LogP contribution is -2.14. The van der Waals surface area contributed by atoms with E-state index >= 15 is 0 Å². The first-order valence-corrected chi connectivity index (χ1v) is 46.2. The van der Waals surface area contributed by atoms with Crippen LogP contribution in [0.4, 0.5) is 68.2 Å². The number of hydrogen-bond acceptors (Lipinski definition) is 7. The summed E-state index contributed by atoms with van der Waals surface area (Å²) in [6, 6.07) is 178. The van der Waals surface area contributed by atoms with Gasteiger partial charge < -0.3 is 46.6 Å². The second-order valence-electron chi connectivity index (χ2n) is 35.0. The fraction of sp³-hybridized carbons (Fsp3) is 0. The van der Waals surface area contributed by atoms with E-state index in [4.69, 9.17) is 13.3 Å². The Bertz CT molecular complexity index is 8480. The average molecular weight is 1740 g/mol. The van der Waals surface area contributed by atoms with Gasteiger partial charge in [0.1, 0.15) is 33.5 Å². The molecule has 0 atom stereocenters. The lowest BCUT2D eigenvalue weighted by Gasteiger charge is -2.30. The molecule has 0 aliphatic heterocycles. The lowest BCUT2D eigenvalue weighted by molar-refractivity contribution is 0.669. The summed E-state index contributed by atoms with van der Waals surface area (Å²) in [4.78, 5) is 9.58. The summed E-state index contributed by atoms with van der Waals surface area (Å²) >= 11 is 0. The van der Waals surface area contributed by atoms with Gasteiger partial charge >= 0.3 is 0 Å². The topological polar surface area (TPSA) is 67.2 Å². The molecule has 10 nitrogen and oxygen atoms in total. The Hall–Kier alpha value is -18.4. The van der Waals surface area contributed by atoms with Crippen molar-refractivity contribution in [1.82, 2.24) is 13.7 Å². The smallest absolute Gasteiger partial charge is 0.143 e. The van der Waals surface area contributed by atoms with Gasteiger partial charge in [-0.25, -0.2) is 0 Å². The molecule has 6 heterocycles. The highest BCUT2D eigenvalue weighted by Crippen LogP contribution is 2.50. The average Bonchev–Trinajstić information content (AvgIpc) is 1.55. The van der Waals surface area contributed by atoms with Crippen LogP contribution in [0.2, 0.25) is 0 Å². The number of rotatable bonds is 18. The van der Waals surface area contributed by atoms with E-state index in [1.807, 2.05) is 18.2 Å². The molecular formula is C126H81N7O3. The van der Waals surface area contributed by atoms with Crippen LogP contribution in [0.15, 0.2) is 505 Å². The molecule has 27 aromatic rings. The van der Waals surface area contributed by atoms with Gasteiger partial charge in [0, 0.05) is 167 Å². The third-order valence-corrected chi connectivity index (χ3v) is 27.4. The van der Waals surface area contributed by atoms with E-state index in [-0.39, 0.29) is 0 Å². The van der Waals surface area contributed by atoms with Gasteiger partial charge in [0.15, 0.2) is 0 Å². The van der Waals surface area contributed by atoms with Crippen molar-refractivity contribution in [3.63, 3.8) is 0 Å². The molecule has 0 saturated heterocycles. The van der Waals surface area contributed by atoms with Crippen LogP contribution in [-0.4, -0.2) is 13.7 Å². The van der Waals surface area contributed by atoms with Crippen molar-refractivity contribution in [2.45, 2.75) is 0 Å². The SMILES string of the molecule is c1ccc(-n2c3ccccc3c3cc(N(c4ccc(-c5cccc6c5oc5ccccc56)cc4)c4ccc(N(c5ccc(N(c6ccc(-c7cccc8c7oc7ccccc78)cc6)c6ccc7c(c6)c6ccccc6n7-c6ccccc6)cc5)c5ccc(N(c6ccc(-c7cccc8c7oc7ccccc78)cc6)c6ccc7c(c6)c6ccccc6n7-c6ccccc6)cc5)cc4)ccc32)cc1. The zero-order valence-electron chi connectivity index (χ0n) is 73.6. The second kappa shape index (κ2) is 31.7. The second-order valence-corrected chi connectivity index (χ2v) is 35.0. The summed E-state index contributed by atoms with van der Waals surface area (Å²) < 4.78 is 27.2. The monoisotopic (exact) mass is 1740 g/mol. The van der Waals surface area contributed by atoms with Crippen molar-refractivity contribution in [1.29, 1.82) is 0 Å². The predicted molar refractivity (Wildman–Crippen MR) is 566 cm³/mol. The van der Waals surface area contributed by atoms with E-state index in [1.165, 1.54) is 16.2 Å². The highest BCUT2D eigenvalue weighted by molar-refractivity contribution is 6.16. The molecule has 10 heteroatoms. The molecule has 0 fully saturated rings. The van der Waals surface area contributed by atoms with Crippen molar-refractivity contribution in [2.24, 2.45) is 0 Å².